The van der Waals surface area contributed by atoms with Crippen molar-refractivity contribution in [3.8, 4) is 11.5 Å². The highest BCUT2D eigenvalue weighted by Crippen LogP contribution is 2.24. The summed E-state index contributed by atoms with van der Waals surface area (Å²) in [6.07, 6.45) is 0. The number of methoxy groups -OCH3 is 2. The van der Waals surface area contributed by atoms with Crippen molar-refractivity contribution in [1.29, 1.82) is 0 Å². The molecular formula is C16H16ClN3O6S. The zero-order valence-electron chi connectivity index (χ0n) is 14.5. The molecule has 11 heteroatoms. The van der Waals surface area contributed by atoms with Crippen LogP contribution in [0.2, 0.25) is 5.02 Å². The number of amides is 1. The average molecular weight is 414 g/mol. The fourth-order valence-corrected chi connectivity index (χ4v) is 2.66. The van der Waals surface area contributed by atoms with Crippen molar-refractivity contribution in [2.75, 3.05) is 33.1 Å². The first-order valence-electron chi connectivity index (χ1n) is 7.56. The van der Waals surface area contributed by atoms with E-state index in [2.05, 4.69) is 19.7 Å². The molecule has 0 aliphatic heterocycles. The number of benzene rings is 1. The number of hydrogen-bond acceptors (Lipinski definition) is 9. The first-order chi connectivity index (χ1) is 12.9. The molecule has 0 radical (unpaired) electrons. The van der Waals surface area contributed by atoms with Crippen LogP contribution in [0.25, 0.3) is 11.5 Å². The molecule has 0 aliphatic rings. The van der Waals surface area contributed by atoms with Gasteiger partial charge in [-0.15, -0.1) is 10.2 Å². The van der Waals surface area contributed by atoms with E-state index in [-0.39, 0.29) is 30.0 Å². The number of esters is 2. The Labute approximate surface area is 164 Å². The number of aromatic nitrogens is 2. The van der Waals surface area contributed by atoms with Gasteiger partial charge in [-0.25, -0.2) is 0 Å². The molecule has 1 aromatic carbocycles. The molecule has 1 aromatic heterocycles. The summed E-state index contributed by atoms with van der Waals surface area (Å²) in [7, 11) is 2.38. The van der Waals surface area contributed by atoms with Crippen LogP contribution in [0.15, 0.2) is 33.9 Å². The lowest BCUT2D eigenvalue weighted by Gasteiger charge is -2.19. The van der Waals surface area contributed by atoms with Gasteiger partial charge in [-0.3, -0.25) is 14.4 Å². The largest absolute Gasteiger partial charge is 0.468 e. The molecular weight excluding hydrogens is 398 g/mol. The number of ether oxygens (including phenoxy) is 2. The zero-order chi connectivity index (χ0) is 19.8. The van der Waals surface area contributed by atoms with E-state index in [0.717, 1.165) is 16.7 Å². The fourth-order valence-electron chi connectivity index (χ4n) is 1.87. The first-order valence-corrected chi connectivity index (χ1v) is 8.93. The molecule has 0 atom stereocenters. The van der Waals surface area contributed by atoms with E-state index in [1.807, 2.05) is 0 Å². The summed E-state index contributed by atoms with van der Waals surface area (Å²) in [5.41, 5.74) is 0.683. The van der Waals surface area contributed by atoms with E-state index in [1.54, 1.807) is 24.3 Å². The number of rotatable bonds is 8. The fraction of sp³-hybridized carbons (Fsp3) is 0.312. The van der Waals surface area contributed by atoms with Crippen LogP contribution in [-0.4, -0.2) is 66.0 Å². The third-order valence-electron chi connectivity index (χ3n) is 3.26. The maximum atomic E-state index is 12.3. The molecule has 0 saturated heterocycles. The molecule has 0 unspecified atom stereocenters. The number of carbonyl (C=O) groups excluding carboxylic acids is 3. The second-order valence-electron chi connectivity index (χ2n) is 5.07. The van der Waals surface area contributed by atoms with Crippen LogP contribution in [0.5, 0.6) is 0 Å². The molecule has 0 aliphatic carbocycles. The van der Waals surface area contributed by atoms with E-state index in [9.17, 15) is 14.4 Å². The predicted molar refractivity (Wildman–Crippen MR) is 96.1 cm³/mol. The van der Waals surface area contributed by atoms with Gasteiger partial charge in [-0.05, 0) is 24.3 Å². The average Bonchev–Trinajstić information content (AvgIpc) is 3.14. The summed E-state index contributed by atoms with van der Waals surface area (Å²) in [5.74, 6) is -1.62. The molecule has 0 N–H and O–H groups in total. The Morgan fingerprint density at radius 1 is 1.07 bits per heavy atom. The summed E-state index contributed by atoms with van der Waals surface area (Å²) in [5, 5.41) is 8.52. The minimum Gasteiger partial charge on any atom is -0.468 e. The molecule has 27 heavy (non-hydrogen) atoms. The number of carbonyl (C=O) groups is 3. The molecule has 1 amide bonds. The quantitative estimate of drug-likeness (QED) is 0.471. The smallest absolute Gasteiger partial charge is 0.325 e. The summed E-state index contributed by atoms with van der Waals surface area (Å²) in [6, 6.07) is 6.83. The van der Waals surface area contributed by atoms with Gasteiger partial charge in [-0.1, -0.05) is 23.4 Å². The van der Waals surface area contributed by atoms with Gasteiger partial charge in [0.05, 0.1) is 20.0 Å². The summed E-state index contributed by atoms with van der Waals surface area (Å²) < 4.78 is 14.5. The zero-order valence-corrected chi connectivity index (χ0v) is 16.1. The van der Waals surface area contributed by atoms with Crippen LogP contribution < -0.4 is 0 Å². The third kappa shape index (κ3) is 6.26. The molecule has 2 rings (SSSR count). The third-order valence-corrected chi connectivity index (χ3v) is 4.32. The molecule has 144 valence electrons. The maximum Gasteiger partial charge on any atom is 0.325 e. The van der Waals surface area contributed by atoms with Crippen molar-refractivity contribution < 1.29 is 28.3 Å². The van der Waals surface area contributed by atoms with Crippen LogP contribution in [0.1, 0.15) is 0 Å². The van der Waals surface area contributed by atoms with E-state index in [1.165, 1.54) is 14.2 Å². The molecule has 1 heterocycles. The Bertz CT molecular complexity index is 793. The molecule has 9 nitrogen and oxygen atoms in total. The van der Waals surface area contributed by atoms with E-state index < -0.39 is 17.8 Å². The molecule has 2 aromatic rings. The standard InChI is InChI=1S/C16H16ClN3O6S/c1-24-13(22)7-20(8-14(23)25-2)12(21)9-27-16-19-18-15(26-16)10-3-5-11(17)6-4-10/h3-6H,7-9H2,1-2H3. The Morgan fingerprint density at radius 2 is 1.67 bits per heavy atom. The lowest BCUT2D eigenvalue weighted by atomic mass is 10.2. The van der Waals surface area contributed by atoms with Crippen LogP contribution in [0.4, 0.5) is 0 Å². The van der Waals surface area contributed by atoms with Crippen molar-refractivity contribution >= 4 is 41.2 Å². The van der Waals surface area contributed by atoms with Crippen LogP contribution in [0, 0.1) is 0 Å². The van der Waals surface area contributed by atoms with E-state index in [0.29, 0.717) is 10.6 Å². The minimum absolute atomic E-state index is 0.115. The summed E-state index contributed by atoms with van der Waals surface area (Å²) in [6.45, 7) is -0.740. The van der Waals surface area contributed by atoms with Crippen molar-refractivity contribution in [2.45, 2.75) is 5.22 Å². The van der Waals surface area contributed by atoms with Gasteiger partial charge in [-0.2, -0.15) is 0 Å². The Balaban J connectivity index is 1.98. The lowest BCUT2D eigenvalue weighted by Crippen LogP contribution is -2.41. The van der Waals surface area contributed by atoms with Crippen LogP contribution in [0.3, 0.4) is 0 Å². The van der Waals surface area contributed by atoms with Crippen molar-refractivity contribution in [3.63, 3.8) is 0 Å². The number of thioether (sulfide) groups is 1. The van der Waals surface area contributed by atoms with Gasteiger partial charge in [0.2, 0.25) is 11.8 Å². The molecule has 0 fully saturated rings. The van der Waals surface area contributed by atoms with E-state index >= 15 is 0 Å². The second kappa shape index (κ2) is 9.93. The van der Waals surface area contributed by atoms with Gasteiger partial charge in [0.1, 0.15) is 13.1 Å². The first kappa shape index (κ1) is 20.7. The topological polar surface area (TPSA) is 112 Å². The second-order valence-corrected chi connectivity index (χ2v) is 6.43. The minimum atomic E-state index is -0.653. The Morgan fingerprint density at radius 3 is 2.22 bits per heavy atom. The molecule has 0 spiro atoms. The van der Waals surface area contributed by atoms with Crippen molar-refractivity contribution in [3.05, 3.63) is 29.3 Å². The number of halogens is 1. The van der Waals surface area contributed by atoms with Gasteiger partial charge < -0.3 is 18.8 Å². The molecule has 0 bridgehead atoms. The van der Waals surface area contributed by atoms with Gasteiger partial charge in [0.15, 0.2) is 0 Å². The van der Waals surface area contributed by atoms with E-state index in [4.69, 9.17) is 16.0 Å². The Hall–Kier alpha value is -2.59. The summed E-state index contributed by atoms with van der Waals surface area (Å²) >= 11 is 6.82. The van der Waals surface area contributed by atoms with Gasteiger partial charge in [0, 0.05) is 10.6 Å². The SMILES string of the molecule is COC(=O)CN(CC(=O)OC)C(=O)CSc1nnc(-c2ccc(Cl)cc2)o1. The van der Waals surface area contributed by atoms with Gasteiger partial charge in [0.25, 0.3) is 5.22 Å². The normalized spacial score (nSPS) is 10.3. The van der Waals surface area contributed by atoms with Crippen LogP contribution in [-0.2, 0) is 23.9 Å². The lowest BCUT2D eigenvalue weighted by molar-refractivity contribution is -0.151. The Kier molecular flexibility index (Phi) is 7.62. The highest BCUT2D eigenvalue weighted by Gasteiger charge is 2.22. The molecule has 0 saturated carbocycles. The highest BCUT2D eigenvalue weighted by molar-refractivity contribution is 7.99. The van der Waals surface area contributed by atoms with Crippen molar-refractivity contribution in [2.24, 2.45) is 0 Å². The maximum absolute atomic E-state index is 12.3. The van der Waals surface area contributed by atoms with Crippen molar-refractivity contribution in [1.82, 2.24) is 15.1 Å². The summed E-state index contributed by atoms with van der Waals surface area (Å²) in [4.78, 5) is 36.2. The monoisotopic (exact) mass is 413 g/mol. The number of hydrogen-bond donors (Lipinski definition) is 0. The number of nitrogens with zero attached hydrogens (tertiary/aromatic N) is 3. The predicted octanol–water partition coefficient (Wildman–Crippen LogP) is 1.66. The van der Waals surface area contributed by atoms with Crippen LogP contribution >= 0.6 is 23.4 Å². The van der Waals surface area contributed by atoms with Gasteiger partial charge >= 0.3 is 11.9 Å². The highest BCUT2D eigenvalue weighted by atomic mass is 35.5.